The zero-order valence-electron chi connectivity index (χ0n) is 9.99. The minimum atomic E-state index is 0.115. The molecule has 0 bridgehead atoms. The van der Waals surface area contributed by atoms with Crippen molar-refractivity contribution < 1.29 is 9.47 Å². The Labute approximate surface area is 96.6 Å². The van der Waals surface area contributed by atoms with E-state index in [1.807, 2.05) is 6.92 Å². The molecule has 0 fully saturated rings. The second-order valence-corrected chi connectivity index (χ2v) is 3.69. The molecule has 0 aliphatic rings. The molecule has 1 aromatic rings. The van der Waals surface area contributed by atoms with E-state index >= 15 is 0 Å². The summed E-state index contributed by atoms with van der Waals surface area (Å²) in [5.41, 5.74) is 0.545. The molecule has 1 unspecified atom stereocenters. The van der Waals surface area contributed by atoms with E-state index in [1.54, 1.807) is 25.3 Å². The average Bonchev–Trinajstić information content (AvgIpc) is 2.29. The molecular weight excluding hydrogens is 202 g/mol. The van der Waals surface area contributed by atoms with E-state index in [2.05, 4.69) is 13.0 Å². The lowest BCUT2D eigenvalue weighted by Crippen LogP contribution is -2.11. The maximum absolute atomic E-state index is 8.95. The van der Waals surface area contributed by atoms with Crippen LogP contribution in [0.4, 0.5) is 0 Å². The molecule has 0 radical (unpaired) electrons. The van der Waals surface area contributed by atoms with Gasteiger partial charge in [-0.25, -0.2) is 0 Å². The van der Waals surface area contributed by atoms with Crippen molar-refractivity contribution in [1.29, 1.82) is 5.26 Å². The molecular formula is C13H17NO2. The molecule has 1 rings (SSSR count). The molecule has 16 heavy (non-hydrogen) atoms. The van der Waals surface area contributed by atoms with Crippen LogP contribution in [0.15, 0.2) is 18.2 Å². The second kappa shape index (κ2) is 6.02. The lowest BCUT2D eigenvalue weighted by Gasteiger charge is -2.15. The van der Waals surface area contributed by atoms with Gasteiger partial charge in [-0.2, -0.15) is 5.26 Å². The minimum Gasteiger partial charge on any atom is -0.497 e. The van der Waals surface area contributed by atoms with Gasteiger partial charge in [0.15, 0.2) is 0 Å². The van der Waals surface area contributed by atoms with Crippen molar-refractivity contribution in [3.05, 3.63) is 23.8 Å². The average molecular weight is 219 g/mol. The largest absolute Gasteiger partial charge is 0.497 e. The fourth-order valence-electron chi connectivity index (χ4n) is 1.50. The van der Waals surface area contributed by atoms with Crippen molar-refractivity contribution in [3.8, 4) is 17.6 Å². The Hall–Kier alpha value is -1.69. The van der Waals surface area contributed by atoms with Crippen molar-refractivity contribution in [2.24, 2.45) is 0 Å². The highest BCUT2D eigenvalue weighted by atomic mass is 16.5. The van der Waals surface area contributed by atoms with Crippen LogP contribution in [0, 0.1) is 11.3 Å². The van der Waals surface area contributed by atoms with Crippen LogP contribution in [0.5, 0.6) is 11.5 Å². The first-order chi connectivity index (χ1) is 7.71. The molecule has 0 spiro atoms. The Morgan fingerprint density at radius 1 is 1.44 bits per heavy atom. The number of hydrogen-bond donors (Lipinski definition) is 0. The normalized spacial score (nSPS) is 11.6. The molecule has 0 heterocycles. The molecule has 3 heteroatoms. The fraction of sp³-hybridized carbons (Fsp3) is 0.462. The van der Waals surface area contributed by atoms with Crippen LogP contribution in [0.2, 0.25) is 0 Å². The van der Waals surface area contributed by atoms with E-state index < -0.39 is 0 Å². The van der Waals surface area contributed by atoms with Crippen molar-refractivity contribution in [2.75, 3.05) is 7.11 Å². The SMILES string of the molecule is CCCC(C)Oc1cc(OC)ccc1C#N. The van der Waals surface area contributed by atoms with Gasteiger partial charge in [-0.1, -0.05) is 13.3 Å². The van der Waals surface area contributed by atoms with E-state index in [-0.39, 0.29) is 6.10 Å². The molecule has 0 aromatic heterocycles. The highest BCUT2D eigenvalue weighted by Gasteiger charge is 2.09. The highest BCUT2D eigenvalue weighted by Crippen LogP contribution is 2.25. The molecule has 1 aromatic carbocycles. The van der Waals surface area contributed by atoms with Crippen LogP contribution in [0.1, 0.15) is 32.3 Å². The van der Waals surface area contributed by atoms with Crippen LogP contribution in [0.25, 0.3) is 0 Å². The molecule has 0 N–H and O–H groups in total. The third-order valence-corrected chi connectivity index (χ3v) is 2.33. The van der Waals surface area contributed by atoms with Gasteiger partial charge in [0, 0.05) is 6.07 Å². The summed E-state index contributed by atoms with van der Waals surface area (Å²) < 4.78 is 10.8. The van der Waals surface area contributed by atoms with Gasteiger partial charge in [-0.15, -0.1) is 0 Å². The van der Waals surface area contributed by atoms with E-state index in [0.717, 1.165) is 12.8 Å². The Kier molecular flexibility index (Phi) is 4.65. The van der Waals surface area contributed by atoms with Gasteiger partial charge in [-0.05, 0) is 25.5 Å². The first kappa shape index (κ1) is 12.4. The van der Waals surface area contributed by atoms with Gasteiger partial charge in [0.2, 0.25) is 0 Å². The summed E-state index contributed by atoms with van der Waals surface area (Å²) in [6.45, 7) is 4.11. The van der Waals surface area contributed by atoms with Crippen LogP contribution in [0.3, 0.4) is 0 Å². The van der Waals surface area contributed by atoms with Crippen LogP contribution >= 0.6 is 0 Å². The van der Waals surface area contributed by atoms with Gasteiger partial charge >= 0.3 is 0 Å². The fourth-order valence-corrected chi connectivity index (χ4v) is 1.50. The quantitative estimate of drug-likeness (QED) is 0.764. The van der Waals surface area contributed by atoms with Gasteiger partial charge < -0.3 is 9.47 Å². The van der Waals surface area contributed by atoms with Gasteiger partial charge in [0.1, 0.15) is 17.6 Å². The van der Waals surface area contributed by atoms with E-state index in [4.69, 9.17) is 14.7 Å². The van der Waals surface area contributed by atoms with Crippen molar-refractivity contribution in [2.45, 2.75) is 32.8 Å². The summed E-state index contributed by atoms with van der Waals surface area (Å²) in [5.74, 6) is 1.31. The predicted octanol–water partition coefficient (Wildman–Crippen LogP) is 3.13. The Morgan fingerprint density at radius 2 is 2.19 bits per heavy atom. The zero-order chi connectivity index (χ0) is 12.0. The molecule has 1 atom stereocenters. The summed E-state index contributed by atoms with van der Waals surface area (Å²) in [4.78, 5) is 0. The van der Waals surface area contributed by atoms with Gasteiger partial charge in [-0.3, -0.25) is 0 Å². The van der Waals surface area contributed by atoms with E-state index in [9.17, 15) is 0 Å². The Morgan fingerprint density at radius 3 is 2.75 bits per heavy atom. The summed E-state index contributed by atoms with van der Waals surface area (Å²) in [6, 6.07) is 7.34. The van der Waals surface area contributed by atoms with E-state index in [1.165, 1.54) is 0 Å². The number of nitriles is 1. The lowest BCUT2D eigenvalue weighted by atomic mass is 10.2. The number of hydrogen-bond acceptors (Lipinski definition) is 3. The molecule has 0 aliphatic carbocycles. The highest BCUT2D eigenvalue weighted by molar-refractivity contribution is 5.47. The minimum absolute atomic E-state index is 0.115. The third-order valence-electron chi connectivity index (χ3n) is 2.33. The molecule has 0 saturated carbocycles. The monoisotopic (exact) mass is 219 g/mol. The molecule has 0 aliphatic heterocycles. The van der Waals surface area contributed by atoms with Crippen LogP contribution in [-0.2, 0) is 0 Å². The van der Waals surface area contributed by atoms with Crippen molar-refractivity contribution in [1.82, 2.24) is 0 Å². The van der Waals surface area contributed by atoms with Crippen molar-refractivity contribution in [3.63, 3.8) is 0 Å². The summed E-state index contributed by atoms with van der Waals surface area (Å²) in [6.07, 6.45) is 2.15. The van der Waals surface area contributed by atoms with Crippen LogP contribution < -0.4 is 9.47 Å². The summed E-state index contributed by atoms with van der Waals surface area (Å²) in [5, 5.41) is 8.95. The van der Waals surface area contributed by atoms with Crippen molar-refractivity contribution >= 4 is 0 Å². The summed E-state index contributed by atoms with van der Waals surface area (Å²) in [7, 11) is 1.60. The Bertz CT molecular complexity index is 382. The third kappa shape index (κ3) is 3.16. The zero-order valence-corrected chi connectivity index (χ0v) is 9.99. The maximum atomic E-state index is 8.95. The van der Waals surface area contributed by atoms with Gasteiger partial charge in [0.25, 0.3) is 0 Å². The molecule has 0 saturated heterocycles. The molecule has 3 nitrogen and oxygen atoms in total. The standard InChI is InChI=1S/C13H17NO2/c1-4-5-10(2)16-13-8-12(15-3)7-6-11(13)9-14/h6-8,10H,4-5H2,1-3H3. The summed E-state index contributed by atoms with van der Waals surface area (Å²) >= 11 is 0. The predicted molar refractivity (Wildman–Crippen MR) is 62.7 cm³/mol. The number of benzene rings is 1. The molecule has 0 amide bonds. The Balaban J connectivity index is 2.88. The van der Waals surface area contributed by atoms with E-state index in [0.29, 0.717) is 17.1 Å². The topological polar surface area (TPSA) is 42.2 Å². The first-order valence-corrected chi connectivity index (χ1v) is 5.46. The second-order valence-electron chi connectivity index (χ2n) is 3.69. The number of nitrogens with zero attached hydrogens (tertiary/aromatic N) is 1. The first-order valence-electron chi connectivity index (χ1n) is 5.46. The number of rotatable bonds is 5. The number of ether oxygens (including phenoxy) is 2. The van der Waals surface area contributed by atoms with Crippen LogP contribution in [-0.4, -0.2) is 13.2 Å². The smallest absolute Gasteiger partial charge is 0.141 e. The number of methoxy groups -OCH3 is 1. The van der Waals surface area contributed by atoms with Gasteiger partial charge in [0.05, 0.1) is 18.8 Å². The molecule has 86 valence electrons. The maximum Gasteiger partial charge on any atom is 0.141 e. The lowest BCUT2D eigenvalue weighted by molar-refractivity contribution is 0.208.